The van der Waals surface area contributed by atoms with Gasteiger partial charge < -0.3 is 9.26 Å². The van der Waals surface area contributed by atoms with Crippen LogP contribution in [0.5, 0.6) is 0 Å². The molecule has 3 aromatic rings. The van der Waals surface area contributed by atoms with Crippen LogP contribution in [0, 0.1) is 5.82 Å². The minimum atomic E-state index is -3.64. The van der Waals surface area contributed by atoms with Gasteiger partial charge >= 0.3 is 0 Å². The molecule has 0 spiro atoms. The van der Waals surface area contributed by atoms with Gasteiger partial charge in [-0.1, -0.05) is 17.3 Å². The fourth-order valence-corrected chi connectivity index (χ4v) is 5.00. The van der Waals surface area contributed by atoms with E-state index in [1.54, 1.807) is 17.5 Å². The maximum absolute atomic E-state index is 13.3. The average Bonchev–Trinajstić information content (AvgIpc) is 3.41. The van der Waals surface area contributed by atoms with Crippen molar-refractivity contribution in [2.75, 3.05) is 13.2 Å². The lowest BCUT2D eigenvalue weighted by molar-refractivity contribution is 0.114. The van der Waals surface area contributed by atoms with E-state index >= 15 is 0 Å². The first-order chi connectivity index (χ1) is 13.0. The number of thiophene rings is 1. The molecule has 142 valence electrons. The van der Waals surface area contributed by atoms with Crippen LogP contribution in [0.4, 0.5) is 4.39 Å². The molecule has 7 nitrogen and oxygen atoms in total. The maximum Gasteiger partial charge on any atom is 0.259 e. The van der Waals surface area contributed by atoms with Crippen molar-refractivity contribution in [3.8, 4) is 22.8 Å². The Kier molecular flexibility index (Phi) is 5.04. The number of rotatable bonds is 6. The monoisotopic (exact) mass is 409 g/mol. The minimum Gasteiger partial charge on any atom is -0.377 e. The van der Waals surface area contributed by atoms with E-state index in [9.17, 15) is 12.8 Å². The second kappa shape index (κ2) is 7.47. The van der Waals surface area contributed by atoms with E-state index in [-0.39, 0.29) is 28.6 Å². The van der Waals surface area contributed by atoms with E-state index in [0.717, 1.165) is 24.2 Å². The predicted molar refractivity (Wildman–Crippen MR) is 97.2 cm³/mol. The smallest absolute Gasteiger partial charge is 0.259 e. The summed E-state index contributed by atoms with van der Waals surface area (Å²) in [7, 11) is -3.64. The zero-order valence-corrected chi connectivity index (χ0v) is 15.7. The molecule has 1 N–H and O–H groups in total. The molecule has 0 unspecified atom stereocenters. The molecule has 1 fully saturated rings. The summed E-state index contributed by atoms with van der Waals surface area (Å²) in [5, 5.41) is 5.46. The van der Waals surface area contributed by atoms with Gasteiger partial charge in [0.05, 0.1) is 11.7 Å². The fourth-order valence-electron chi connectivity index (χ4n) is 2.73. The molecule has 4 rings (SSSR count). The SMILES string of the molecule is O=S(=O)(NC[C@@H]1CCCO1)c1cc(-c2nc(-c3cccc(F)c3)no2)cs1. The van der Waals surface area contributed by atoms with Gasteiger partial charge in [-0.2, -0.15) is 4.98 Å². The summed E-state index contributed by atoms with van der Waals surface area (Å²) in [4.78, 5) is 4.22. The third-order valence-electron chi connectivity index (χ3n) is 4.12. The lowest BCUT2D eigenvalue weighted by Crippen LogP contribution is -2.31. The molecule has 0 saturated carbocycles. The summed E-state index contributed by atoms with van der Waals surface area (Å²) in [5.74, 6) is 0.00258. The highest BCUT2D eigenvalue weighted by molar-refractivity contribution is 7.91. The normalized spacial score (nSPS) is 17.4. The van der Waals surface area contributed by atoms with Crippen molar-refractivity contribution in [2.45, 2.75) is 23.2 Å². The van der Waals surface area contributed by atoms with Crippen LogP contribution in [0.25, 0.3) is 22.8 Å². The number of aromatic nitrogens is 2. The van der Waals surface area contributed by atoms with Crippen LogP contribution in [0.15, 0.2) is 44.4 Å². The number of hydrogen-bond donors (Lipinski definition) is 1. The highest BCUT2D eigenvalue weighted by atomic mass is 32.2. The van der Waals surface area contributed by atoms with Gasteiger partial charge in [-0.25, -0.2) is 17.5 Å². The molecule has 0 radical (unpaired) electrons. The lowest BCUT2D eigenvalue weighted by Gasteiger charge is -2.10. The Hall–Kier alpha value is -2.14. The summed E-state index contributed by atoms with van der Waals surface area (Å²) in [6.07, 6.45) is 1.72. The van der Waals surface area contributed by atoms with Crippen molar-refractivity contribution in [3.63, 3.8) is 0 Å². The third kappa shape index (κ3) is 4.08. The first-order valence-corrected chi connectivity index (χ1v) is 10.7. The summed E-state index contributed by atoms with van der Waals surface area (Å²) in [6.45, 7) is 0.917. The van der Waals surface area contributed by atoms with Crippen LogP contribution in [0.1, 0.15) is 12.8 Å². The molecule has 0 amide bonds. The van der Waals surface area contributed by atoms with Gasteiger partial charge in [0.2, 0.25) is 15.8 Å². The molecule has 10 heteroatoms. The number of nitrogens with zero attached hydrogens (tertiary/aromatic N) is 2. The van der Waals surface area contributed by atoms with Crippen LogP contribution < -0.4 is 4.72 Å². The molecule has 1 aliphatic rings. The van der Waals surface area contributed by atoms with Gasteiger partial charge in [0.1, 0.15) is 10.0 Å². The number of nitrogens with one attached hydrogen (secondary N) is 1. The molecule has 0 bridgehead atoms. The van der Waals surface area contributed by atoms with Gasteiger partial charge in [-0.15, -0.1) is 11.3 Å². The Morgan fingerprint density at radius 2 is 2.19 bits per heavy atom. The molecule has 3 heterocycles. The Labute approximate surface area is 159 Å². The molecule has 1 aliphatic heterocycles. The van der Waals surface area contributed by atoms with Crippen molar-refractivity contribution >= 4 is 21.4 Å². The minimum absolute atomic E-state index is 0.0797. The predicted octanol–water partition coefficient (Wildman–Crippen LogP) is 3.06. The Balaban J connectivity index is 1.50. The van der Waals surface area contributed by atoms with Crippen molar-refractivity contribution in [1.82, 2.24) is 14.9 Å². The highest BCUT2D eigenvalue weighted by Gasteiger charge is 2.23. The van der Waals surface area contributed by atoms with E-state index in [4.69, 9.17) is 9.26 Å². The molecule has 1 saturated heterocycles. The maximum atomic E-state index is 13.3. The molecule has 1 aromatic carbocycles. The zero-order chi connectivity index (χ0) is 18.9. The molecular formula is C17H16FN3O4S2. The molecule has 27 heavy (non-hydrogen) atoms. The highest BCUT2D eigenvalue weighted by Crippen LogP contribution is 2.29. The first-order valence-electron chi connectivity index (χ1n) is 8.31. The molecular weight excluding hydrogens is 393 g/mol. The quantitative estimate of drug-likeness (QED) is 0.672. The second-order valence-corrected chi connectivity index (χ2v) is 8.98. The Morgan fingerprint density at radius 3 is 2.96 bits per heavy atom. The van der Waals surface area contributed by atoms with Crippen molar-refractivity contribution in [2.24, 2.45) is 0 Å². The van der Waals surface area contributed by atoms with E-state index in [1.165, 1.54) is 18.2 Å². The van der Waals surface area contributed by atoms with Crippen LogP contribution >= 0.6 is 11.3 Å². The van der Waals surface area contributed by atoms with Crippen LogP contribution in [-0.4, -0.2) is 37.8 Å². The average molecular weight is 409 g/mol. The van der Waals surface area contributed by atoms with Crippen molar-refractivity contribution in [1.29, 1.82) is 0 Å². The number of hydrogen-bond acceptors (Lipinski definition) is 7. The molecule has 0 aliphatic carbocycles. The Morgan fingerprint density at radius 1 is 1.30 bits per heavy atom. The van der Waals surface area contributed by atoms with E-state index in [1.807, 2.05) is 0 Å². The second-order valence-electron chi connectivity index (χ2n) is 6.07. The largest absolute Gasteiger partial charge is 0.377 e. The first kappa shape index (κ1) is 18.2. The third-order valence-corrected chi connectivity index (χ3v) is 6.98. The van der Waals surface area contributed by atoms with Crippen LogP contribution in [-0.2, 0) is 14.8 Å². The molecule has 1 atom stereocenters. The lowest BCUT2D eigenvalue weighted by atomic mass is 10.2. The standard InChI is InChI=1S/C17H16FN3O4S2/c18-13-4-1-3-11(7-13)16-20-17(25-21-16)12-8-15(26-10-12)27(22,23)19-9-14-5-2-6-24-14/h1,3-4,7-8,10,14,19H,2,5-6,9H2/t14-/m0/s1. The molecule has 2 aromatic heterocycles. The van der Waals surface area contributed by atoms with Crippen LogP contribution in [0.2, 0.25) is 0 Å². The zero-order valence-electron chi connectivity index (χ0n) is 14.1. The Bertz CT molecular complexity index is 1040. The number of ether oxygens (including phenoxy) is 1. The fraction of sp³-hybridized carbons (Fsp3) is 0.294. The van der Waals surface area contributed by atoms with Gasteiger partial charge in [-0.3, -0.25) is 0 Å². The van der Waals surface area contributed by atoms with Gasteiger partial charge in [0, 0.05) is 24.1 Å². The number of benzene rings is 1. The van der Waals surface area contributed by atoms with Gasteiger partial charge in [-0.05, 0) is 31.0 Å². The van der Waals surface area contributed by atoms with E-state index in [2.05, 4.69) is 14.9 Å². The summed E-state index contributed by atoms with van der Waals surface area (Å²) in [6, 6.07) is 7.31. The summed E-state index contributed by atoms with van der Waals surface area (Å²) < 4.78 is 51.6. The van der Waals surface area contributed by atoms with Gasteiger partial charge in [0.15, 0.2) is 0 Å². The number of halogens is 1. The summed E-state index contributed by atoms with van der Waals surface area (Å²) in [5.41, 5.74) is 0.971. The van der Waals surface area contributed by atoms with Gasteiger partial charge in [0.25, 0.3) is 5.89 Å². The van der Waals surface area contributed by atoms with E-state index < -0.39 is 15.8 Å². The van der Waals surface area contributed by atoms with E-state index in [0.29, 0.717) is 17.7 Å². The van der Waals surface area contributed by atoms with Crippen molar-refractivity contribution in [3.05, 3.63) is 41.5 Å². The number of sulfonamides is 1. The van der Waals surface area contributed by atoms with Crippen molar-refractivity contribution < 1.29 is 22.1 Å². The van der Waals surface area contributed by atoms with Crippen LogP contribution in [0.3, 0.4) is 0 Å². The summed E-state index contributed by atoms with van der Waals surface area (Å²) >= 11 is 1.06. The topological polar surface area (TPSA) is 94.3 Å².